The van der Waals surface area contributed by atoms with Gasteiger partial charge < -0.3 is 5.32 Å². The zero-order chi connectivity index (χ0) is 17.3. The molecule has 1 aliphatic heterocycles. The molecule has 0 aliphatic carbocycles. The number of imide groups is 1. The van der Waals surface area contributed by atoms with Gasteiger partial charge in [0.1, 0.15) is 0 Å². The summed E-state index contributed by atoms with van der Waals surface area (Å²) in [5, 5.41) is 3.16. The number of carbonyl (C=O) groups excluding carboxylic acids is 2. The summed E-state index contributed by atoms with van der Waals surface area (Å²) in [5.41, 5.74) is 1.63. The van der Waals surface area contributed by atoms with Crippen molar-refractivity contribution in [1.82, 2.24) is 4.90 Å². The number of hydrogen-bond acceptors (Lipinski definition) is 3. The molecule has 0 spiro atoms. The molecule has 124 valence electrons. The van der Waals surface area contributed by atoms with Crippen LogP contribution in [-0.2, 0) is 4.75 Å². The predicted molar refractivity (Wildman–Crippen MR) is 98.6 cm³/mol. The SMILES string of the molecule is C[C@H]1N(C(=O)Nc2ccccc2)C(=O)S[C@]1(C)c1ccc(Cl)cc1. The highest BCUT2D eigenvalue weighted by Crippen LogP contribution is 2.49. The zero-order valence-corrected chi connectivity index (χ0v) is 14.9. The van der Waals surface area contributed by atoms with Gasteiger partial charge in [-0.1, -0.05) is 53.7 Å². The molecule has 4 nitrogen and oxygen atoms in total. The Morgan fingerprint density at radius 3 is 2.42 bits per heavy atom. The normalized spacial score (nSPS) is 23.4. The van der Waals surface area contributed by atoms with Gasteiger partial charge in [-0.25, -0.2) is 4.79 Å². The monoisotopic (exact) mass is 360 g/mol. The number of nitrogens with zero attached hydrogens (tertiary/aromatic N) is 1. The molecule has 24 heavy (non-hydrogen) atoms. The van der Waals surface area contributed by atoms with Crippen LogP contribution in [0, 0.1) is 0 Å². The molecular weight excluding hydrogens is 344 g/mol. The number of carbonyl (C=O) groups is 2. The first-order chi connectivity index (χ1) is 11.4. The molecular formula is C18H17ClN2O2S. The van der Waals surface area contributed by atoms with E-state index in [0.29, 0.717) is 10.7 Å². The van der Waals surface area contributed by atoms with Gasteiger partial charge >= 0.3 is 6.03 Å². The van der Waals surface area contributed by atoms with Crippen LogP contribution in [0.25, 0.3) is 0 Å². The van der Waals surface area contributed by atoms with E-state index >= 15 is 0 Å². The average molecular weight is 361 g/mol. The maximum absolute atomic E-state index is 12.6. The number of halogens is 1. The fourth-order valence-corrected chi connectivity index (χ4v) is 4.12. The van der Waals surface area contributed by atoms with Gasteiger partial charge in [0.05, 0.1) is 10.8 Å². The smallest absolute Gasteiger partial charge is 0.307 e. The quantitative estimate of drug-likeness (QED) is 0.785. The second-order valence-corrected chi connectivity index (χ2v) is 7.66. The van der Waals surface area contributed by atoms with E-state index in [1.165, 1.54) is 16.7 Å². The van der Waals surface area contributed by atoms with E-state index in [4.69, 9.17) is 11.6 Å². The molecule has 1 N–H and O–H groups in total. The third-order valence-corrected chi connectivity index (χ3v) is 5.97. The molecule has 6 heteroatoms. The molecule has 0 aromatic heterocycles. The first-order valence-electron chi connectivity index (χ1n) is 7.56. The highest BCUT2D eigenvalue weighted by molar-refractivity contribution is 8.14. The summed E-state index contributed by atoms with van der Waals surface area (Å²) in [6.45, 7) is 3.86. The number of benzene rings is 2. The summed E-state index contributed by atoms with van der Waals surface area (Å²) in [4.78, 5) is 26.3. The van der Waals surface area contributed by atoms with Gasteiger partial charge in [-0.3, -0.25) is 9.69 Å². The van der Waals surface area contributed by atoms with Crippen LogP contribution in [0.2, 0.25) is 5.02 Å². The van der Waals surface area contributed by atoms with Crippen molar-refractivity contribution in [2.45, 2.75) is 24.6 Å². The van der Waals surface area contributed by atoms with Gasteiger partial charge in [0, 0.05) is 10.7 Å². The van der Waals surface area contributed by atoms with Crippen molar-refractivity contribution in [2.24, 2.45) is 0 Å². The maximum Gasteiger partial charge on any atom is 0.329 e. The Kier molecular flexibility index (Phi) is 4.56. The summed E-state index contributed by atoms with van der Waals surface area (Å²) in [6, 6.07) is 15.8. The molecule has 1 fully saturated rings. The number of nitrogens with one attached hydrogen (secondary N) is 1. The number of anilines is 1. The number of thioether (sulfide) groups is 1. The summed E-state index contributed by atoms with van der Waals surface area (Å²) < 4.78 is -0.518. The highest BCUT2D eigenvalue weighted by Gasteiger charge is 2.50. The van der Waals surface area contributed by atoms with Crippen molar-refractivity contribution < 1.29 is 9.59 Å². The van der Waals surface area contributed by atoms with Gasteiger partial charge in [-0.15, -0.1) is 0 Å². The lowest BCUT2D eigenvalue weighted by molar-refractivity contribution is 0.193. The summed E-state index contributed by atoms with van der Waals surface area (Å²) >= 11 is 7.11. The number of rotatable bonds is 2. The van der Waals surface area contributed by atoms with E-state index in [1.54, 1.807) is 24.3 Å². The van der Waals surface area contributed by atoms with Crippen molar-refractivity contribution >= 4 is 40.3 Å². The van der Waals surface area contributed by atoms with Crippen molar-refractivity contribution in [2.75, 3.05) is 5.32 Å². The van der Waals surface area contributed by atoms with Crippen LogP contribution >= 0.6 is 23.4 Å². The van der Waals surface area contributed by atoms with E-state index in [1.807, 2.05) is 44.2 Å². The lowest BCUT2D eigenvalue weighted by atomic mass is 9.92. The Bertz CT molecular complexity index is 766. The largest absolute Gasteiger partial charge is 0.329 e. The minimum atomic E-state index is -0.518. The van der Waals surface area contributed by atoms with Gasteiger partial charge in [-0.05, 0) is 43.7 Å². The lowest BCUT2D eigenvalue weighted by Crippen LogP contribution is -2.44. The van der Waals surface area contributed by atoms with Gasteiger partial charge in [0.25, 0.3) is 5.24 Å². The number of amides is 3. The Morgan fingerprint density at radius 2 is 1.79 bits per heavy atom. The zero-order valence-electron chi connectivity index (χ0n) is 13.3. The fraction of sp³-hybridized carbons (Fsp3) is 0.222. The van der Waals surface area contributed by atoms with E-state index in [0.717, 1.165) is 5.56 Å². The van der Waals surface area contributed by atoms with E-state index < -0.39 is 10.8 Å². The summed E-state index contributed by atoms with van der Waals surface area (Å²) in [7, 11) is 0. The van der Waals surface area contributed by atoms with Crippen LogP contribution < -0.4 is 5.32 Å². The van der Waals surface area contributed by atoms with Crippen molar-refractivity contribution in [3.8, 4) is 0 Å². The van der Waals surface area contributed by atoms with Crippen molar-refractivity contribution in [3.05, 3.63) is 65.2 Å². The van der Waals surface area contributed by atoms with E-state index in [-0.39, 0.29) is 11.3 Å². The van der Waals surface area contributed by atoms with Gasteiger partial charge in [0.15, 0.2) is 0 Å². The molecule has 3 amide bonds. The first kappa shape index (κ1) is 16.9. The van der Waals surface area contributed by atoms with Crippen molar-refractivity contribution in [3.63, 3.8) is 0 Å². The highest BCUT2D eigenvalue weighted by atomic mass is 35.5. The van der Waals surface area contributed by atoms with Crippen LogP contribution in [0.4, 0.5) is 15.3 Å². The van der Waals surface area contributed by atoms with Crippen LogP contribution in [-0.4, -0.2) is 22.2 Å². The van der Waals surface area contributed by atoms with E-state index in [9.17, 15) is 9.59 Å². The minimum absolute atomic E-state index is 0.256. The second kappa shape index (κ2) is 6.49. The third kappa shape index (κ3) is 3.01. The Morgan fingerprint density at radius 1 is 1.17 bits per heavy atom. The average Bonchev–Trinajstić information content (AvgIpc) is 2.79. The molecule has 1 aliphatic rings. The van der Waals surface area contributed by atoms with Crippen LogP contribution in [0.1, 0.15) is 19.4 Å². The molecule has 0 saturated carbocycles. The molecule has 0 unspecified atom stereocenters. The predicted octanol–water partition coefficient (Wildman–Crippen LogP) is 5.34. The molecule has 2 atom stereocenters. The van der Waals surface area contributed by atoms with Crippen LogP contribution in [0.15, 0.2) is 54.6 Å². The third-order valence-electron chi connectivity index (χ3n) is 4.34. The molecule has 2 aromatic carbocycles. The molecule has 2 aromatic rings. The number of para-hydroxylation sites is 1. The Hall–Kier alpha value is -1.98. The first-order valence-corrected chi connectivity index (χ1v) is 8.75. The minimum Gasteiger partial charge on any atom is -0.307 e. The Balaban J connectivity index is 1.84. The van der Waals surface area contributed by atoms with Gasteiger partial charge in [-0.2, -0.15) is 0 Å². The number of hydrogen-bond donors (Lipinski definition) is 1. The van der Waals surface area contributed by atoms with E-state index in [2.05, 4.69) is 5.32 Å². The van der Waals surface area contributed by atoms with Gasteiger partial charge in [0.2, 0.25) is 0 Å². The summed E-state index contributed by atoms with van der Waals surface area (Å²) in [5.74, 6) is 0. The lowest BCUT2D eigenvalue weighted by Gasteiger charge is -2.30. The summed E-state index contributed by atoms with van der Waals surface area (Å²) in [6.07, 6.45) is 0. The molecule has 0 radical (unpaired) electrons. The standard InChI is InChI=1S/C18H17ClN2O2S/c1-12-18(2,13-8-10-14(19)11-9-13)24-17(23)21(12)16(22)20-15-6-4-3-5-7-15/h3-12H,1-2H3,(H,20,22)/t12-,18+/m1/s1. The fourth-order valence-electron chi connectivity index (χ4n) is 2.77. The second-order valence-electron chi connectivity index (χ2n) is 5.82. The molecule has 3 rings (SSSR count). The van der Waals surface area contributed by atoms with Crippen molar-refractivity contribution in [1.29, 1.82) is 0 Å². The molecule has 0 bridgehead atoms. The topological polar surface area (TPSA) is 49.4 Å². The molecule has 1 heterocycles. The van der Waals surface area contributed by atoms with Crippen LogP contribution in [0.5, 0.6) is 0 Å². The number of urea groups is 1. The van der Waals surface area contributed by atoms with Crippen LogP contribution in [0.3, 0.4) is 0 Å². The molecule has 1 saturated heterocycles. The maximum atomic E-state index is 12.6. The Labute approximate surface area is 150 Å².